The van der Waals surface area contributed by atoms with E-state index in [-0.39, 0.29) is 25.2 Å². The van der Waals surface area contributed by atoms with Gasteiger partial charge in [0.2, 0.25) is 0 Å². The molecule has 15 nitrogen and oxygen atoms in total. The topological polar surface area (TPSA) is 237 Å². The van der Waals surface area contributed by atoms with Gasteiger partial charge in [0, 0.05) is 13.7 Å². The minimum atomic E-state index is -1.17. The molecule has 0 bridgehead atoms. The quantitative estimate of drug-likeness (QED) is 0.115. The highest BCUT2D eigenvalue weighted by molar-refractivity contribution is 6.62. The first-order valence-electron chi connectivity index (χ1n) is 15.9. The molecule has 1 amide bonds. The first kappa shape index (κ1) is 44.5. The molecule has 2 heterocycles. The number of aliphatic carboxylic acids is 2. The molecule has 0 saturated carbocycles. The van der Waals surface area contributed by atoms with Gasteiger partial charge in [-0.1, -0.05) is 0 Å². The molecule has 2 aromatic rings. The van der Waals surface area contributed by atoms with Crippen molar-refractivity contribution in [2.24, 2.45) is 5.73 Å². The van der Waals surface area contributed by atoms with Gasteiger partial charge < -0.3 is 59.9 Å². The number of benzene rings is 2. The monoisotopic (exact) mass is 726 g/mol. The van der Waals surface area contributed by atoms with E-state index in [2.05, 4.69) is 5.32 Å². The zero-order valence-electron chi connectivity index (χ0n) is 29.3. The number of carbonyl (C=O) groups excluding carboxylic acids is 1. The molecule has 4 rings (SSSR count). The maximum atomic E-state index is 11.6. The van der Waals surface area contributed by atoms with Crippen molar-refractivity contribution < 1.29 is 63.3 Å². The van der Waals surface area contributed by atoms with E-state index >= 15 is 0 Å². The Balaban J connectivity index is 0.000000485. The Bertz CT molecular complexity index is 1430. The number of nitrogens with two attached hydrogens (primary N) is 1. The Labute approximate surface area is 299 Å². The second-order valence-corrected chi connectivity index (χ2v) is 12.3. The highest BCUT2D eigenvalue weighted by Crippen LogP contribution is 2.33. The Morgan fingerprint density at radius 1 is 0.820 bits per heavy atom. The third kappa shape index (κ3) is 13.6. The fourth-order valence-electron chi connectivity index (χ4n) is 5.29. The van der Waals surface area contributed by atoms with Crippen LogP contribution in [0.5, 0.6) is 11.5 Å². The van der Waals surface area contributed by atoms with E-state index in [1.54, 1.807) is 39.0 Å². The van der Waals surface area contributed by atoms with E-state index < -0.39 is 50.1 Å². The molecule has 2 unspecified atom stereocenters. The number of hydrogen-bond donors (Lipinski definition) is 7. The molecule has 18 heteroatoms. The average molecular weight is 727 g/mol. The number of aliphatic hydroxyl groups excluding tert-OH is 1. The van der Waals surface area contributed by atoms with Gasteiger partial charge in [0.05, 0.1) is 38.3 Å². The first-order valence-corrected chi connectivity index (χ1v) is 15.9. The van der Waals surface area contributed by atoms with E-state index in [0.29, 0.717) is 60.7 Å². The lowest BCUT2D eigenvalue weighted by Crippen LogP contribution is -2.33. The molecular weight excluding hydrogens is 677 g/mol. The molecule has 0 spiro atoms. The van der Waals surface area contributed by atoms with Crippen LogP contribution in [0, 0.1) is 13.8 Å². The predicted molar refractivity (Wildman–Crippen MR) is 189 cm³/mol. The standard InChI is InChI=1S/C18H26BNO7.C13H18BNO5.CH4O.ClH/c1-11-8-12(25-7-5-6-20-17(23)26-18(2,3)4)9-13-16(11)14(10-15(21)22)27-19(13)24;1-8-5-9(19-4-2-3-15)6-10-13(8)11(7-12(16)17)20-14(10)18;1-2;/h8-9,14,24H,5-7,10H2,1-4H3,(H,20,23)(H,21,22);5-6,11,18H,2-4,7,15H2,1H3,(H,16,17);2H,1H3;1H. The van der Waals surface area contributed by atoms with Crippen molar-refractivity contribution >= 4 is 55.6 Å². The number of nitrogens with one attached hydrogen (secondary N) is 1. The molecule has 278 valence electrons. The Hall–Kier alpha value is -3.57. The zero-order valence-corrected chi connectivity index (χ0v) is 30.1. The average Bonchev–Trinajstić information content (AvgIpc) is 3.48. The molecule has 0 fully saturated rings. The van der Waals surface area contributed by atoms with Gasteiger partial charge in [-0.15, -0.1) is 12.4 Å². The van der Waals surface area contributed by atoms with E-state index in [1.165, 1.54) is 0 Å². The fraction of sp³-hybridized carbons (Fsp3) is 0.531. The minimum absolute atomic E-state index is 0. The summed E-state index contributed by atoms with van der Waals surface area (Å²) in [6.07, 6.45) is -0.803. The van der Waals surface area contributed by atoms with Gasteiger partial charge in [0.1, 0.15) is 17.1 Å². The number of aryl methyl sites for hydroxylation is 2. The zero-order chi connectivity index (χ0) is 36.9. The molecule has 2 aromatic carbocycles. The van der Waals surface area contributed by atoms with Crippen LogP contribution in [0.15, 0.2) is 24.3 Å². The lowest BCUT2D eigenvalue weighted by Gasteiger charge is -2.19. The van der Waals surface area contributed by atoms with Gasteiger partial charge in [-0.25, -0.2) is 4.79 Å². The van der Waals surface area contributed by atoms with Crippen LogP contribution in [0.1, 0.15) is 80.9 Å². The highest BCUT2D eigenvalue weighted by atomic mass is 35.5. The summed E-state index contributed by atoms with van der Waals surface area (Å²) in [5.74, 6) is -0.759. The number of hydrogen-bond acceptors (Lipinski definition) is 12. The largest absolute Gasteiger partial charge is 0.494 e. The van der Waals surface area contributed by atoms with Gasteiger partial charge >= 0.3 is 32.3 Å². The number of halogens is 1. The lowest BCUT2D eigenvalue weighted by molar-refractivity contribution is -0.140. The number of aliphatic hydroxyl groups is 1. The van der Waals surface area contributed by atoms with E-state index in [4.69, 9.17) is 44.6 Å². The molecule has 8 N–H and O–H groups in total. The van der Waals surface area contributed by atoms with Gasteiger partial charge in [-0.2, -0.15) is 0 Å². The normalized spacial score (nSPS) is 15.6. The van der Waals surface area contributed by atoms with E-state index in [0.717, 1.165) is 30.2 Å². The van der Waals surface area contributed by atoms with Gasteiger partial charge in [0.25, 0.3) is 0 Å². The van der Waals surface area contributed by atoms with Crippen molar-refractivity contribution in [1.29, 1.82) is 0 Å². The number of ether oxygens (including phenoxy) is 3. The number of fused-ring (bicyclic) bond motifs is 2. The SMILES string of the molecule is CO.Cc1cc(OCCCN)cc2c1C(CC(=O)O)OB2O.Cc1cc(OCCCNC(=O)OC(C)(C)C)cc2c1C(CC(=O)O)OB2O.Cl. The summed E-state index contributed by atoms with van der Waals surface area (Å²) in [5.41, 5.74) is 9.08. The Morgan fingerprint density at radius 3 is 1.62 bits per heavy atom. The third-order valence-corrected chi connectivity index (χ3v) is 7.14. The summed E-state index contributed by atoms with van der Waals surface area (Å²) in [4.78, 5) is 33.3. The molecule has 0 saturated heterocycles. The highest BCUT2D eigenvalue weighted by Gasteiger charge is 2.39. The van der Waals surface area contributed by atoms with Crippen molar-refractivity contribution in [1.82, 2.24) is 5.32 Å². The summed E-state index contributed by atoms with van der Waals surface area (Å²) in [5, 5.41) is 47.4. The molecule has 0 radical (unpaired) electrons. The maximum Gasteiger partial charge on any atom is 0.492 e. The van der Waals surface area contributed by atoms with Gasteiger partial charge in [-0.3, -0.25) is 9.59 Å². The van der Waals surface area contributed by atoms with Crippen LogP contribution in [0.4, 0.5) is 4.79 Å². The van der Waals surface area contributed by atoms with Crippen LogP contribution in [0.3, 0.4) is 0 Å². The second-order valence-electron chi connectivity index (χ2n) is 12.3. The second kappa shape index (κ2) is 20.9. The van der Waals surface area contributed by atoms with Crippen molar-refractivity contribution in [3.8, 4) is 11.5 Å². The van der Waals surface area contributed by atoms with Crippen molar-refractivity contribution in [3.05, 3.63) is 46.5 Å². The number of rotatable bonds is 13. The van der Waals surface area contributed by atoms with E-state index in [1.807, 2.05) is 19.9 Å². The lowest BCUT2D eigenvalue weighted by atomic mass is 9.77. The summed E-state index contributed by atoms with van der Waals surface area (Å²) >= 11 is 0. The van der Waals surface area contributed by atoms with Crippen LogP contribution in [-0.2, 0) is 23.6 Å². The molecular formula is C32H49B2ClN2O13. The molecule has 50 heavy (non-hydrogen) atoms. The number of carboxylic acid groups (broad SMARTS) is 2. The maximum absolute atomic E-state index is 11.6. The van der Waals surface area contributed by atoms with Crippen molar-refractivity contribution in [3.63, 3.8) is 0 Å². The van der Waals surface area contributed by atoms with Crippen LogP contribution in [0.2, 0.25) is 0 Å². The number of carbonyl (C=O) groups is 3. The van der Waals surface area contributed by atoms with Gasteiger partial charge in [-0.05, 0) is 111 Å². The summed E-state index contributed by atoms with van der Waals surface area (Å²) in [7, 11) is -1.27. The van der Waals surface area contributed by atoms with E-state index in [9.17, 15) is 24.4 Å². The number of amides is 1. The number of carboxylic acids is 2. The van der Waals surface area contributed by atoms with Crippen LogP contribution in [-0.4, -0.2) is 96.7 Å². The third-order valence-electron chi connectivity index (χ3n) is 7.14. The van der Waals surface area contributed by atoms with Crippen LogP contribution < -0.4 is 31.4 Å². The Morgan fingerprint density at radius 2 is 1.24 bits per heavy atom. The molecule has 0 aliphatic carbocycles. The summed E-state index contributed by atoms with van der Waals surface area (Å²) in [6.45, 7) is 10.9. The number of alkyl carbamates (subject to hydrolysis) is 1. The molecule has 0 aromatic heterocycles. The first-order chi connectivity index (χ1) is 23.1. The van der Waals surface area contributed by atoms with Crippen molar-refractivity contribution in [2.45, 2.75) is 78.1 Å². The Kier molecular flexibility index (Phi) is 18.6. The molecule has 2 aliphatic heterocycles. The van der Waals surface area contributed by atoms with Crippen LogP contribution >= 0.6 is 12.4 Å². The smallest absolute Gasteiger partial charge is 0.492 e. The van der Waals surface area contributed by atoms with Gasteiger partial charge in [0.15, 0.2) is 0 Å². The molecule has 2 aliphatic rings. The molecule has 2 atom stereocenters. The predicted octanol–water partition coefficient (Wildman–Crippen LogP) is 1.51. The summed E-state index contributed by atoms with van der Waals surface area (Å²) < 4.78 is 27.0. The minimum Gasteiger partial charge on any atom is -0.494 e. The van der Waals surface area contributed by atoms with Crippen LogP contribution in [0.25, 0.3) is 0 Å². The summed E-state index contributed by atoms with van der Waals surface area (Å²) in [6, 6.07) is 6.98. The van der Waals surface area contributed by atoms with Crippen molar-refractivity contribution in [2.75, 3.05) is 33.4 Å². The fourth-order valence-corrected chi connectivity index (χ4v) is 5.29.